The van der Waals surface area contributed by atoms with Gasteiger partial charge in [0.15, 0.2) is 5.82 Å². The third-order valence-electron chi connectivity index (χ3n) is 2.83. The van der Waals surface area contributed by atoms with Gasteiger partial charge in [0, 0.05) is 11.6 Å². The van der Waals surface area contributed by atoms with Crippen molar-refractivity contribution < 1.29 is 9.26 Å². The molecule has 0 saturated carbocycles. The van der Waals surface area contributed by atoms with Crippen LogP contribution in [0.25, 0.3) is 0 Å². The van der Waals surface area contributed by atoms with Crippen LogP contribution in [0.5, 0.6) is 5.75 Å². The fourth-order valence-electron chi connectivity index (χ4n) is 1.80. The monoisotopic (exact) mass is 247 g/mol. The molecule has 96 valence electrons. The average Bonchev–Trinajstić information content (AvgIpc) is 2.88. The Morgan fingerprint density at radius 3 is 2.94 bits per heavy atom. The normalized spacial score (nSPS) is 12.4. The van der Waals surface area contributed by atoms with Crippen molar-refractivity contribution in [2.45, 2.75) is 26.4 Å². The highest BCUT2D eigenvalue weighted by Crippen LogP contribution is 2.26. The van der Waals surface area contributed by atoms with Gasteiger partial charge in [-0.1, -0.05) is 17.3 Å². The second-order valence-corrected chi connectivity index (χ2v) is 4.20. The van der Waals surface area contributed by atoms with Crippen LogP contribution in [-0.2, 0) is 6.54 Å². The molecule has 0 amide bonds. The van der Waals surface area contributed by atoms with Gasteiger partial charge in [0.25, 0.3) is 0 Å². The summed E-state index contributed by atoms with van der Waals surface area (Å²) >= 11 is 0. The van der Waals surface area contributed by atoms with Crippen molar-refractivity contribution in [3.63, 3.8) is 0 Å². The lowest BCUT2D eigenvalue weighted by molar-refractivity contribution is 0.395. The van der Waals surface area contributed by atoms with Crippen LogP contribution >= 0.6 is 0 Å². The first-order valence-electron chi connectivity index (χ1n) is 5.84. The van der Waals surface area contributed by atoms with E-state index in [-0.39, 0.29) is 6.04 Å². The van der Waals surface area contributed by atoms with Crippen LogP contribution in [-0.4, -0.2) is 17.3 Å². The van der Waals surface area contributed by atoms with Crippen LogP contribution in [0.4, 0.5) is 0 Å². The largest absolute Gasteiger partial charge is 0.496 e. The van der Waals surface area contributed by atoms with E-state index < -0.39 is 0 Å². The number of rotatable bonds is 5. The maximum Gasteiger partial charge on any atom is 0.213 e. The first-order chi connectivity index (χ1) is 8.70. The Bertz CT molecular complexity index is 497. The summed E-state index contributed by atoms with van der Waals surface area (Å²) in [5.74, 6) is 1.54. The zero-order valence-electron chi connectivity index (χ0n) is 10.8. The summed E-state index contributed by atoms with van der Waals surface area (Å²) in [5, 5.41) is 7.09. The zero-order chi connectivity index (χ0) is 13.0. The minimum absolute atomic E-state index is 0.152. The molecular weight excluding hydrogens is 230 g/mol. The number of hydrogen-bond acceptors (Lipinski definition) is 5. The summed E-state index contributed by atoms with van der Waals surface area (Å²) in [7, 11) is 1.68. The maximum absolute atomic E-state index is 5.39. The zero-order valence-corrected chi connectivity index (χ0v) is 10.8. The molecule has 1 aromatic carbocycles. The molecule has 18 heavy (non-hydrogen) atoms. The summed E-state index contributed by atoms with van der Waals surface area (Å²) in [5.41, 5.74) is 2.30. The Kier molecular flexibility index (Phi) is 3.94. The van der Waals surface area contributed by atoms with Crippen LogP contribution in [0.1, 0.15) is 29.9 Å². The molecule has 0 saturated heterocycles. The molecule has 0 aliphatic rings. The minimum atomic E-state index is 0.152. The van der Waals surface area contributed by atoms with Crippen molar-refractivity contribution in [3.8, 4) is 5.75 Å². The molecule has 0 spiro atoms. The van der Waals surface area contributed by atoms with Gasteiger partial charge in [0.1, 0.15) is 5.75 Å². The van der Waals surface area contributed by atoms with E-state index in [1.807, 2.05) is 13.0 Å². The van der Waals surface area contributed by atoms with Gasteiger partial charge < -0.3 is 14.6 Å². The predicted octanol–water partition coefficient (Wildman–Crippen LogP) is 2.24. The molecule has 2 aromatic rings. The van der Waals surface area contributed by atoms with Crippen molar-refractivity contribution in [2.75, 3.05) is 7.11 Å². The Balaban J connectivity index is 2.06. The quantitative estimate of drug-likeness (QED) is 0.878. The molecule has 2 rings (SSSR count). The van der Waals surface area contributed by atoms with E-state index in [4.69, 9.17) is 4.74 Å². The number of nitrogens with one attached hydrogen (secondary N) is 1. The highest BCUT2D eigenvalue weighted by molar-refractivity contribution is 5.39. The number of nitrogens with zero attached hydrogens (tertiary/aromatic N) is 2. The van der Waals surface area contributed by atoms with E-state index >= 15 is 0 Å². The number of methoxy groups -OCH3 is 1. The number of benzene rings is 1. The fraction of sp³-hybridized carbons (Fsp3) is 0.385. The average molecular weight is 247 g/mol. The molecule has 0 bridgehead atoms. The van der Waals surface area contributed by atoms with E-state index in [2.05, 4.69) is 39.0 Å². The Morgan fingerprint density at radius 1 is 1.44 bits per heavy atom. The topological polar surface area (TPSA) is 60.2 Å². The Labute approximate surface area is 106 Å². The second-order valence-electron chi connectivity index (χ2n) is 4.20. The summed E-state index contributed by atoms with van der Waals surface area (Å²) in [6, 6.07) is 6.33. The minimum Gasteiger partial charge on any atom is -0.496 e. The highest BCUT2D eigenvalue weighted by atomic mass is 16.5. The van der Waals surface area contributed by atoms with E-state index in [0.717, 1.165) is 11.3 Å². The molecular formula is C13H17N3O2. The SMILES string of the molecule is COc1cc(C)ccc1C(C)NCc1ncon1. The number of ether oxygens (including phenoxy) is 1. The van der Waals surface area contributed by atoms with Crippen LogP contribution in [0.2, 0.25) is 0 Å². The molecule has 0 radical (unpaired) electrons. The van der Waals surface area contributed by atoms with Gasteiger partial charge in [0.2, 0.25) is 6.39 Å². The molecule has 0 aliphatic carbocycles. The van der Waals surface area contributed by atoms with Crippen molar-refractivity contribution in [2.24, 2.45) is 0 Å². The molecule has 0 fully saturated rings. The lowest BCUT2D eigenvalue weighted by Gasteiger charge is -2.16. The molecule has 1 heterocycles. The summed E-state index contributed by atoms with van der Waals surface area (Å²) in [6.45, 7) is 4.69. The van der Waals surface area contributed by atoms with Gasteiger partial charge in [-0.2, -0.15) is 4.98 Å². The molecule has 5 heteroatoms. The third kappa shape index (κ3) is 2.87. The summed E-state index contributed by atoms with van der Waals surface area (Å²) in [6.07, 6.45) is 1.33. The molecule has 1 N–H and O–H groups in total. The smallest absolute Gasteiger partial charge is 0.213 e. The fourth-order valence-corrected chi connectivity index (χ4v) is 1.80. The van der Waals surface area contributed by atoms with Crippen molar-refractivity contribution in [1.29, 1.82) is 0 Å². The number of hydrogen-bond donors (Lipinski definition) is 1. The van der Waals surface area contributed by atoms with Crippen LogP contribution < -0.4 is 10.1 Å². The van der Waals surface area contributed by atoms with E-state index in [0.29, 0.717) is 12.4 Å². The van der Waals surface area contributed by atoms with Gasteiger partial charge in [-0.05, 0) is 25.5 Å². The lowest BCUT2D eigenvalue weighted by Crippen LogP contribution is -2.19. The maximum atomic E-state index is 5.39. The highest BCUT2D eigenvalue weighted by Gasteiger charge is 2.11. The first kappa shape index (κ1) is 12.6. The Hall–Kier alpha value is -1.88. The van der Waals surface area contributed by atoms with Crippen molar-refractivity contribution >= 4 is 0 Å². The van der Waals surface area contributed by atoms with Gasteiger partial charge in [0.05, 0.1) is 13.7 Å². The third-order valence-corrected chi connectivity index (χ3v) is 2.83. The van der Waals surface area contributed by atoms with Gasteiger partial charge in [-0.3, -0.25) is 0 Å². The summed E-state index contributed by atoms with van der Waals surface area (Å²) in [4.78, 5) is 3.97. The van der Waals surface area contributed by atoms with Crippen LogP contribution in [0.15, 0.2) is 29.1 Å². The lowest BCUT2D eigenvalue weighted by atomic mass is 10.0. The standard InChI is InChI=1S/C13H17N3O2/c1-9-4-5-11(12(6-9)17-3)10(2)14-7-13-15-8-18-16-13/h4-6,8,10,14H,7H2,1-3H3. The Morgan fingerprint density at radius 2 is 2.28 bits per heavy atom. The van der Waals surface area contributed by atoms with Gasteiger partial charge in [-0.15, -0.1) is 0 Å². The molecule has 1 aromatic heterocycles. The van der Waals surface area contributed by atoms with Gasteiger partial charge in [-0.25, -0.2) is 0 Å². The van der Waals surface area contributed by atoms with Crippen molar-refractivity contribution in [1.82, 2.24) is 15.5 Å². The van der Waals surface area contributed by atoms with Crippen molar-refractivity contribution in [3.05, 3.63) is 41.5 Å². The summed E-state index contributed by atoms with van der Waals surface area (Å²) < 4.78 is 10.1. The first-order valence-corrected chi connectivity index (χ1v) is 5.84. The van der Waals surface area contributed by atoms with E-state index in [1.165, 1.54) is 12.0 Å². The predicted molar refractivity (Wildman–Crippen MR) is 67.3 cm³/mol. The second kappa shape index (κ2) is 5.64. The number of aromatic nitrogens is 2. The van der Waals surface area contributed by atoms with Crippen LogP contribution in [0.3, 0.4) is 0 Å². The van der Waals surface area contributed by atoms with E-state index in [1.54, 1.807) is 7.11 Å². The number of aryl methyl sites for hydroxylation is 1. The van der Waals surface area contributed by atoms with Gasteiger partial charge >= 0.3 is 0 Å². The molecule has 1 atom stereocenters. The molecule has 1 unspecified atom stereocenters. The van der Waals surface area contributed by atoms with E-state index in [9.17, 15) is 0 Å². The molecule has 0 aliphatic heterocycles. The van der Waals surface area contributed by atoms with Crippen LogP contribution in [0, 0.1) is 6.92 Å². The molecule has 5 nitrogen and oxygen atoms in total.